The molecule has 21 heavy (non-hydrogen) atoms. The number of nitrogens with zero attached hydrogens (tertiary/aromatic N) is 1. The van der Waals surface area contributed by atoms with Gasteiger partial charge in [0.2, 0.25) is 0 Å². The molecule has 0 saturated heterocycles. The summed E-state index contributed by atoms with van der Waals surface area (Å²) in [6.45, 7) is 2.88. The molecule has 0 saturated carbocycles. The minimum absolute atomic E-state index is 0.151. The molecule has 0 atom stereocenters. The fraction of sp³-hybridized carbons (Fsp3) is 0.200. The Balaban J connectivity index is 2.06. The van der Waals surface area contributed by atoms with E-state index in [0.29, 0.717) is 17.1 Å². The van der Waals surface area contributed by atoms with Crippen LogP contribution in [0.5, 0.6) is 0 Å². The number of carbonyl (C=O) groups is 1. The van der Waals surface area contributed by atoms with Crippen molar-refractivity contribution in [2.45, 2.75) is 13.3 Å². The van der Waals surface area contributed by atoms with E-state index in [4.69, 9.17) is 11.6 Å². The summed E-state index contributed by atoms with van der Waals surface area (Å²) in [5, 5.41) is 5.89. The Kier molecular flexibility index (Phi) is 5.11. The second-order valence-corrected chi connectivity index (χ2v) is 4.84. The van der Waals surface area contributed by atoms with Crippen LogP contribution in [0.15, 0.2) is 36.5 Å². The molecule has 0 aliphatic heterocycles. The van der Waals surface area contributed by atoms with E-state index in [1.165, 1.54) is 18.3 Å². The first-order chi connectivity index (χ1) is 10.1. The van der Waals surface area contributed by atoms with Gasteiger partial charge in [-0.1, -0.05) is 18.5 Å². The molecule has 110 valence electrons. The topological polar surface area (TPSA) is 54.0 Å². The maximum Gasteiger partial charge on any atom is 0.257 e. The fourth-order valence-electron chi connectivity index (χ4n) is 1.67. The Morgan fingerprint density at radius 1 is 1.33 bits per heavy atom. The normalized spacial score (nSPS) is 10.2. The van der Waals surface area contributed by atoms with Gasteiger partial charge in [-0.2, -0.15) is 0 Å². The predicted molar refractivity (Wildman–Crippen MR) is 82.4 cm³/mol. The summed E-state index contributed by atoms with van der Waals surface area (Å²) in [7, 11) is 0. The molecule has 1 aromatic carbocycles. The van der Waals surface area contributed by atoms with Gasteiger partial charge in [-0.25, -0.2) is 9.37 Å². The zero-order valence-electron chi connectivity index (χ0n) is 11.5. The van der Waals surface area contributed by atoms with Crippen LogP contribution in [-0.2, 0) is 0 Å². The van der Waals surface area contributed by atoms with Crippen molar-refractivity contribution in [2.24, 2.45) is 0 Å². The molecule has 0 radical (unpaired) electrons. The Bertz CT molecular complexity index is 631. The minimum atomic E-state index is -0.453. The van der Waals surface area contributed by atoms with E-state index in [1.54, 1.807) is 12.1 Å². The number of carbonyl (C=O) groups excluding carboxylic acids is 1. The lowest BCUT2D eigenvalue weighted by Gasteiger charge is -2.08. The maximum absolute atomic E-state index is 12.9. The monoisotopic (exact) mass is 307 g/mol. The van der Waals surface area contributed by atoms with Gasteiger partial charge < -0.3 is 10.6 Å². The van der Waals surface area contributed by atoms with E-state index in [-0.39, 0.29) is 10.9 Å². The van der Waals surface area contributed by atoms with Gasteiger partial charge in [-0.3, -0.25) is 4.79 Å². The van der Waals surface area contributed by atoms with Crippen LogP contribution in [0.2, 0.25) is 5.02 Å². The Labute approximate surface area is 127 Å². The van der Waals surface area contributed by atoms with Crippen LogP contribution < -0.4 is 10.6 Å². The number of anilines is 2. The molecule has 2 rings (SSSR count). The SMILES string of the molecule is CCCNc1ccc(C(=O)Nc2ccc(F)cc2Cl)cn1. The van der Waals surface area contributed by atoms with Crippen LogP contribution in [0.25, 0.3) is 0 Å². The van der Waals surface area contributed by atoms with Crippen molar-refractivity contribution in [1.29, 1.82) is 0 Å². The van der Waals surface area contributed by atoms with Gasteiger partial charge in [0.1, 0.15) is 11.6 Å². The largest absolute Gasteiger partial charge is 0.370 e. The number of pyridine rings is 1. The van der Waals surface area contributed by atoms with Gasteiger partial charge in [0.25, 0.3) is 5.91 Å². The summed E-state index contributed by atoms with van der Waals surface area (Å²) in [5.74, 6) is -0.0859. The highest BCUT2D eigenvalue weighted by molar-refractivity contribution is 6.33. The molecular formula is C15H15ClFN3O. The summed E-state index contributed by atoms with van der Waals surface area (Å²) in [5.41, 5.74) is 0.758. The second-order valence-electron chi connectivity index (χ2n) is 4.44. The van der Waals surface area contributed by atoms with Gasteiger partial charge in [-0.15, -0.1) is 0 Å². The number of amides is 1. The molecule has 2 aromatic rings. The number of nitrogens with one attached hydrogen (secondary N) is 2. The van der Waals surface area contributed by atoms with E-state index in [1.807, 2.05) is 0 Å². The molecule has 1 amide bonds. The van der Waals surface area contributed by atoms with Crippen LogP contribution in [0.4, 0.5) is 15.9 Å². The van der Waals surface area contributed by atoms with Crippen LogP contribution in [0, 0.1) is 5.82 Å². The lowest BCUT2D eigenvalue weighted by atomic mass is 10.2. The summed E-state index contributed by atoms with van der Waals surface area (Å²) < 4.78 is 12.9. The van der Waals surface area contributed by atoms with Crippen molar-refractivity contribution >= 4 is 29.0 Å². The van der Waals surface area contributed by atoms with Crippen LogP contribution in [-0.4, -0.2) is 17.4 Å². The molecule has 1 aromatic heterocycles. The van der Waals surface area contributed by atoms with Crippen LogP contribution in [0.1, 0.15) is 23.7 Å². The molecule has 6 heteroatoms. The zero-order valence-corrected chi connectivity index (χ0v) is 12.2. The molecule has 1 heterocycles. The summed E-state index contributed by atoms with van der Waals surface area (Å²) in [4.78, 5) is 16.2. The zero-order chi connectivity index (χ0) is 15.2. The smallest absolute Gasteiger partial charge is 0.257 e. The van der Waals surface area contributed by atoms with Crippen molar-refractivity contribution in [2.75, 3.05) is 17.2 Å². The molecule has 0 unspecified atom stereocenters. The molecule has 0 fully saturated rings. The van der Waals surface area contributed by atoms with Gasteiger partial charge in [0, 0.05) is 12.7 Å². The number of benzene rings is 1. The molecule has 0 spiro atoms. The molecule has 0 aliphatic rings. The molecule has 4 nitrogen and oxygen atoms in total. The van der Waals surface area contributed by atoms with Gasteiger partial charge in [0.05, 0.1) is 16.3 Å². The van der Waals surface area contributed by atoms with Crippen molar-refractivity contribution in [3.63, 3.8) is 0 Å². The van der Waals surface area contributed by atoms with Crippen molar-refractivity contribution in [1.82, 2.24) is 4.98 Å². The highest BCUT2D eigenvalue weighted by Crippen LogP contribution is 2.23. The third-order valence-electron chi connectivity index (χ3n) is 2.76. The van der Waals surface area contributed by atoms with Gasteiger partial charge in [-0.05, 0) is 36.8 Å². The number of hydrogen-bond acceptors (Lipinski definition) is 3. The maximum atomic E-state index is 12.9. The number of rotatable bonds is 5. The number of aromatic nitrogens is 1. The number of halogens is 2. The first-order valence-electron chi connectivity index (χ1n) is 6.56. The summed E-state index contributed by atoms with van der Waals surface area (Å²) in [6, 6.07) is 7.19. The lowest BCUT2D eigenvalue weighted by Crippen LogP contribution is -2.13. The van der Waals surface area contributed by atoms with E-state index in [2.05, 4.69) is 22.5 Å². The van der Waals surface area contributed by atoms with E-state index in [0.717, 1.165) is 19.0 Å². The van der Waals surface area contributed by atoms with Crippen molar-refractivity contribution < 1.29 is 9.18 Å². The lowest BCUT2D eigenvalue weighted by molar-refractivity contribution is 0.102. The quantitative estimate of drug-likeness (QED) is 0.879. The predicted octanol–water partition coefficient (Wildman–Crippen LogP) is 3.95. The standard InChI is InChI=1S/C15H15ClFN3O/c1-2-7-18-14-6-3-10(9-19-14)15(21)20-13-5-4-11(17)8-12(13)16/h3-6,8-9H,2,7H2,1H3,(H,18,19)(H,20,21). The average molecular weight is 308 g/mol. The van der Waals surface area contributed by atoms with Crippen LogP contribution >= 0.6 is 11.6 Å². The summed E-state index contributed by atoms with van der Waals surface area (Å²) >= 11 is 5.86. The van der Waals surface area contributed by atoms with E-state index >= 15 is 0 Å². The molecule has 0 bridgehead atoms. The van der Waals surface area contributed by atoms with Gasteiger partial charge >= 0.3 is 0 Å². The second kappa shape index (κ2) is 7.04. The summed E-state index contributed by atoms with van der Waals surface area (Å²) in [6.07, 6.45) is 2.47. The Hall–Kier alpha value is -2.14. The third kappa shape index (κ3) is 4.16. The Morgan fingerprint density at radius 2 is 2.14 bits per heavy atom. The van der Waals surface area contributed by atoms with E-state index < -0.39 is 5.82 Å². The average Bonchev–Trinajstić information content (AvgIpc) is 2.48. The van der Waals surface area contributed by atoms with Crippen LogP contribution in [0.3, 0.4) is 0 Å². The van der Waals surface area contributed by atoms with Crippen molar-refractivity contribution in [3.8, 4) is 0 Å². The molecular weight excluding hydrogens is 293 g/mol. The third-order valence-corrected chi connectivity index (χ3v) is 3.07. The molecule has 0 aliphatic carbocycles. The first kappa shape index (κ1) is 15.3. The van der Waals surface area contributed by atoms with Crippen molar-refractivity contribution in [3.05, 3.63) is 52.9 Å². The number of hydrogen-bond donors (Lipinski definition) is 2. The highest BCUT2D eigenvalue weighted by atomic mass is 35.5. The fourth-order valence-corrected chi connectivity index (χ4v) is 1.89. The molecule has 2 N–H and O–H groups in total. The Morgan fingerprint density at radius 3 is 2.76 bits per heavy atom. The highest BCUT2D eigenvalue weighted by Gasteiger charge is 2.09. The first-order valence-corrected chi connectivity index (χ1v) is 6.94. The van der Waals surface area contributed by atoms with Gasteiger partial charge in [0.15, 0.2) is 0 Å². The van der Waals surface area contributed by atoms with E-state index in [9.17, 15) is 9.18 Å². The minimum Gasteiger partial charge on any atom is -0.370 e.